The van der Waals surface area contributed by atoms with Crippen LogP contribution in [0.4, 0.5) is 0 Å². The maximum Gasteiger partial charge on any atom is 0.335 e. The molecule has 96 valence electrons. The fourth-order valence-electron chi connectivity index (χ4n) is 2.42. The maximum absolute atomic E-state index is 11.4. The van der Waals surface area contributed by atoms with Gasteiger partial charge in [0, 0.05) is 4.90 Å². The van der Waals surface area contributed by atoms with Crippen molar-refractivity contribution < 1.29 is 9.90 Å². The molecule has 1 saturated carbocycles. The van der Waals surface area contributed by atoms with E-state index in [0.717, 1.165) is 23.3 Å². The van der Waals surface area contributed by atoms with E-state index in [-0.39, 0.29) is 0 Å². The zero-order valence-electron chi connectivity index (χ0n) is 10.6. The van der Waals surface area contributed by atoms with Crippen LogP contribution in [0.2, 0.25) is 0 Å². The molecule has 2 rings (SSSR count). The van der Waals surface area contributed by atoms with Gasteiger partial charge in [0.2, 0.25) is 0 Å². The molecule has 0 spiro atoms. The van der Waals surface area contributed by atoms with Crippen molar-refractivity contribution in [3.05, 3.63) is 35.9 Å². The first-order valence-corrected chi connectivity index (χ1v) is 7.52. The van der Waals surface area contributed by atoms with Crippen molar-refractivity contribution in [1.82, 2.24) is 0 Å². The number of thioether (sulfide) groups is 1. The first-order chi connectivity index (χ1) is 8.70. The van der Waals surface area contributed by atoms with Gasteiger partial charge in [-0.05, 0) is 42.7 Å². The molecule has 0 bridgehead atoms. The standard InChI is InChI=1S/C15H18O2S/c1-18-13-8-6-12(7-9-13)14(15(16)17)10-11-4-2-3-5-11/h6-11H,2-5H2,1H3,(H,16,17)/b14-10+. The molecule has 0 unspecified atom stereocenters. The van der Waals surface area contributed by atoms with Crippen molar-refractivity contribution in [3.8, 4) is 0 Å². The highest BCUT2D eigenvalue weighted by molar-refractivity contribution is 7.98. The summed E-state index contributed by atoms with van der Waals surface area (Å²) >= 11 is 1.66. The lowest BCUT2D eigenvalue weighted by molar-refractivity contribution is -0.130. The van der Waals surface area contributed by atoms with Crippen LogP contribution in [0.15, 0.2) is 35.2 Å². The fraction of sp³-hybridized carbons (Fsp3) is 0.400. The Morgan fingerprint density at radius 2 is 1.89 bits per heavy atom. The molecule has 1 aromatic carbocycles. The number of rotatable bonds is 4. The summed E-state index contributed by atoms with van der Waals surface area (Å²) in [6, 6.07) is 7.76. The van der Waals surface area contributed by atoms with Crippen LogP contribution >= 0.6 is 11.8 Å². The van der Waals surface area contributed by atoms with E-state index in [0.29, 0.717) is 11.5 Å². The summed E-state index contributed by atoms with van der Waals surface area (Å²) in [4.78, 5) is 12.5. The van der Waals surface area contributed by atoms with E-state index in [1.807, 2.05) is 36.6 Å². The number of benzene rings is 1. The van der Waals surface area contributed by atoms with Crippen molar-refractivity contribution >= 4 is 23.3 Å². The predicted molar refractivity (Wildman–Crippen MR) is 75.8 cm³/mol. The number of aliphatic carboxylic acids is 1. The summed E-state index contributed by atoms with van der Waals surface area (Å²) in [5, 5.41) is 9.34. The molecular formula is C15H18O2S. The molecule has 2 nitrogen and oxygen atoms in total. The summed E-state index contributed by atoms with van der Waals surface area (Å²) < 4.78 is 0. The number of carboxylic acid groups (broad SMARTS) is 1. The van der Waals surface area contributed by atoms with E-state index in [1.165, 1.54) is 12.8 Å². The summed E-state index contributed by atoms with van der Waals surface area (Å²) in [6.45, 7) is 0. The zero-order chi connectivity index (χ0) is 13.0. The molecule has 0 aliphatic heterocycles. The highest BCUT2D eigenvalue weighted by atomic mass is 32.2. The summed E-state index contributed by atoms with van der Waals surface area (Å²) in [6.07, 6.45) is 8.66. The third kappa shape index (κ3) is 3.16. The van der Waals surface area contributed by atoms with Crippen LogP contribution in [0.5, 0.6) is 0 Å². The van der Waals surface area contributed by atoms with Gasteiger partial charge in [-0.25, -0.2) is 4.79 Å². The van der Waals surface area contributed by atoms with E-state index in [9.17, 15) is 9.90 Å². The van der Waals surface area contributed by atoms with Gasteiger partial charge in [0.15, 0.2) is 0 Å². The first-order valence-electron chi connectivity index (χ1n) is 6.30. The molecule has 0 radical (unpaired) electrons. The van der Waals surface area contributed by atoms with Crippen LogP contribution < -0.4 is 0 Å². The molecule has 0 heterocycles. The van der Waals surface area contributed by atoms with Gasteiger partial charge >= 0.3 is 5.97 Å². The Balaban J connectivity index is 2.25. The summed E-state index contributed by atoms with van der Waals surface area (Å²) in [5.74, 6) is -0.380. The maximum atomic E-state index is 11.4. The van der Waals surface area contributed by atoms with Crippen molar-refractivity contribution in [2.45, 2.75) is 30.6 Å². The van der Waals surface area contributed by atoms with Crippen LogP contribution in [0, 0.1) is 5.92 Å². The largest absolute Gasteiger partial charge is 0.478 e. The second-order valence-electron chi connectivity index (χ2n) is 4.66. The van der Waals surface area contributed by atoms with Crippen molar-refractivity contribution in [2.24, 2.45) is 5.92 Å². The van der Waals surface area contributed by atoms with Gasteiger partial charge in [-0.2, -0.15) is 0 Å². The topological polar surface area (TPSA) is 37.3 Å². The minimum atomic E-state index is -0.821. The molecule has 0 saturated heterocycles. The SMILES string of the molecule is CSc1ccc(/C(=C\C2CCCC2)C(=O)O)cc1. The van der Waals surface area contributed by atoms with Crippen LogP contribution in [-0.4, -0.2) is 17.3 Å². The van der Waals surface area contributed by atoms with Crippen LogP contribution in [0.3, 0.4) is 0 Å². The molecule has 3 heteroatoms. The van der Waals surface area contributed by atoms with Gasteiger partial charge in [-0.15, -0.1) is 11.8 Å². The van der Waals surface area contributed by atoms with Crippen LogP contribution in [0.1, 0.15) is 31.2 Å². The highest BCUT2D eigenvalue weighted by Gasteiger charge is 2.17. The second-order valence-corrected chi connectivity index (χ2v) is 5.54. The summed E-state index contributed by atoms with van der Waals surface area (Å²) in [7, 11) is 0. The van der Waals surface area contributed by atoms with Gasteiger partial charge in [-0.1, -0.05) is 31.1 Å². The second kappa shape index (κ2) is 6.10. The Bertz CT molecular complexity index is 442. The Kier molecular flexibility index (Phi) is 4.48. The van der Waals surface area contributed by atoms with E-state index in [4.69, 9.17) is 0 Å². The Morgan fingerprint density at radius 1 is 1.28 bits per heavy atom. The highest BCUT2D eigenvalue weighted by Crippen LogP contribution is 2.29. The van der Waals surface area contributed by atoms with Crippen molar-refractivity contribution in [2.75, 3.05) is 6.26 Å². The molecule has 0 amide bonds. The van der Waals surface area contributed by atoms with Crippen LogP contribution in [0.25, 0.3) is 5.57 Å². The monoisotopic (exact) mass is 262 g/mol. The van der Waals surface area contributed by atoms with Crippen molar-refractivity contribution in [1.29, 1.82) is 0 Å². The van der Waals surface area contributed by atoms with Crippen LogP contribution in [-0.2, 0) is 4.79 Å². The first kappa shape index (κ1) is 13.2. The van der Waals surface area contributed by atoms with E-state index >= 15 is 0 Å². The number of hydrogen-bond acceptors (Lipinski definition) is 2. The third-order valence-electron chi connectivity index (χ3n) is 3.43. The van der Waals surface area contributed by atoms with Gasteiger partial charge in [-0.3, -0.25) is 0 Å². The smallest absolute Gasteiger partial charge is 0.335 e. The average molecular weight is 262 g/mol. The molecule has 1 fully saturated rings. The molecule has 0 atom stereocenters. The number of carboxylic acids is 1. The summed E-state index contributed by atoms with van der Waals surface area (Å²) in [5.41, 5.74) is 1.27. The number of hydrogen-bond donors (Lipinski definition) is 1. The normalized spacial score (nSPS) is 17.1. The Morgan fingerprint density at radius 3 is 2.39 bits per heavy atom. The van der Waals surface area contributed by atoms with Gasteiger partial charge < -0.3 is 5.11 Å². The molecule has 0 aromatic heterocycles. The quantitative estimate of drug-likeness (QED) is 0.656. The lowest BCUT2D eigenvalue weighted by Crippen LogP contribution is -2.02. The molecular weight excluding hydrogens is 244 g/mol. The Hall–Kier alpha value is -1.22. The minimum Gasteiger partial charge on any atom is -0.478 e. The van der Waals surface area contributed by atoms with Crippen molar-refractivity contribution in [3.63, 3.8) is 0 Å². The predicted octanol–water partition coefficient (Wildman–Crippen LogP) is 4.07. The average Bonchev–Trinajstić information content (AvgIpc) is 2.89. The lowest BCUT2D eigenvalue weighted by atomic mass is 9.99. The Labute approximate surface area is 112 Å². The molecule has 1 aliphatic rings. The number of carbonyl (C=O) groups is 1. The van der Waals surface area contributed by atoms with Gasteiger partial charge in [0.1, 0.15) is 0 Å². The van der Waals surface area contributed by atoms with Gasteiger partial charge in [0.05, 0.1) is 5.57 Å². The third-order valence-corrected chi connectivity index (χ3v) is 4.18. The molecule has 18 heavy (non-hydrogen) atoms. The zero-order valence-corrected chi connectivity index (χ0v) is 11.4. The molecule has 1 N–H and O–H groups in total. The van der Waals surface area contributed by atoms with E-state index < -0.39 is 5.97 Å². The van der Waals surface area contributed by atoms with E-state index in [1.54, 1.807) is 11.8 Å². The van der Waals surface area contributed by atoms with E-state index in [2.05, 4.69) is 0 Å². The molecule has 1 aromatic rings. The van der Waals surface area contributed by atoms with Gasteiger partial charge in [0.25, 0.3) is 0 Å². The lowest BCUT2D eigenvalue weighted by Gasteiger charge is -2.07. The fourth-order valence-corrected chi connectivity index (χ4v) is 2.83. The molecule has 1 aliphatic carbocycles. The minimum absolute atomic E-state index is 0.441. The number of allylic oxidation sites excluding steroid dienone is 1.